The first-order valence-electron chi connectivity index (χ1n) is 8.15. The number of hydrogen-bond donors (Lipinski definition) is 1. The molecule has 1 saturated carbocycles. The van der Waals surface area contributed by atoms with Gasteiger partial charge < -0.3 is 14.8 Å². The molecule has 118 valence electrons. The minimum atomic E-state index is 0.545. The molecule has 0 aliphatic heterocycles. The lowest BCUT2D eigenvalue weighted by atomic mass is 9.95. The second-order valence-electron chi connectivity index (χ2n) is 6.11. The molecule has 1 N–H and O–H groups in total. The average Bonchev–Trinajstić information content (AvgIpc) is 3.04. The molecule has 21 heavy (non-hydrogen) atoms. The van der Waals surface area contributed by atoms with E-state index in [4.69, 9.17) is 9.47 Å². The first-order valence-corrected chi connectivity index (χ1v) is 8.15. The van der Waals surface area contributed by atoms with Crippen LogP contribution in [0.15, 0.2) is 18.2 Å². The summed E-state index contributed by atoms with van der Waals surface area (Å²) in [6, 6.07) is 6.78. The number of methoxy groups -OCH3 is 2. The van der Waals surface area contributed by atoms with Crippen molar-refractivity contribution in [2.75, 3.05) is 21.3 Å². The molecule has 1 aliphatic rings. The number of ether oxygens (including phenoxy) is 2. The van der Waals surface area contributed by atoms with Gasteiger partial charge in [-0.2, -0.15) is 0 Å². The molecule has 0 heterocycles. The van der Waals surface area contributed by atoms with Crippen molar-refractivity contribution in [3.05, 3.63) is 23.8 Å². The normalized spacial score (nSPS) is 16.9. The van der Waals surface area contributed by atoms with Gasteiger partial charge in [0.25, 0.3) is 0 Å². The van der Waals surface area contributed by atoms with Gasteiger partial charge in [-0.15, -0.1) is 0 Å². The van der Waals surface area contributed by atoms with Crippen LogP contribution in [0.3, 0.4) is 0 Å². The Hall–Kier alpha value is -1.22. The first-order chi connectivity index (χ1) is 10.3. The molecule has 1 aliphatic carbocycles. The molecule has 1 aromatic rings. The van der Waals surface area contributed by atoms with Crippen molar-refractivity contribution in [3.8, 4) is 11.5 Å². The minimum Gasteiger partial charge on any atom is -0.493 e. The maximum absolute atomic E-state index is 5.39. The van der Waals surface area contributed by atoms with E-state index in [9.17, 15) is 0 Å². The Balaban J connectivity index is 1.90. The van der Waals surface area contributed by atoms with Gasteiger partial charge in [0.15, 0.2) is 11.5 Å². The predicted molar refractivity (Wildman–Crippen MR) is 87.3 cm³/mol. The Morgan fingerprint density at radius 2 is 1.86 bits per heavy atom. The highest BCUT2D eigenvalue weighted by Gasteiger charge is 2.17. The SMILES string of the molecule is CNC(CCC1CCCC1)Cc1ccc(OC)c(OC)c1. The van der Waals surface area contributed by atoms with Crippen LogP contribution in [0.2, 0.25) is 0 Å². The van der Waals surface area contributed by atoms with E-state index >= 15 is 0 Å². The Kier molecular flexibility index (Phi) is 6.37. The molecule has 1 aromatic carbocycles. The smallest absolute Gasteiger partial charge is 0.160 e. The lowest BCUT2D eigenvalue weighted by Gasteiger charge is -2.19. The van der Waals surface area contributed by atoms with E-state index in [1.54, 1.807) is 14.2 Å². The highest BCUT2D eigenvalue weighted by molar-refractivity contribution is 5.43. The predicted octanol–water partition coefficient (Wildman–Crippen LogP) is 3.80. The summed E-state index contributed by atoms with van der Waals surface area (Å²) >= 11 is 0. The van der Waals surface area contributed by atoms with Gasteiger partial charge in [0.05, 0.1) is 14.2 Å². The fourth-order valence-corrected chi connectivity index (χ4v) is 3.38. The van der Waals surface area contributed by atoms with E-state index in [1.165, 1.54) is 44.1 Å². The lowest BCUT2D eigenvalue weighted by Crippen LogP contribution is -2.28. The molecule has 0 radical (unpaired) electrons. The molecule has 1 unspecified atom stereocenters. The van der Waals surface area contributed by atoms with Crippen LogP contribution < -0.4 is 14.8 Å². The average molecular weight is 291 g/mol. The molecule has 0 aromatic heterocycles. The molecule has 0 bridgehead atoms. The third-order valence-corrected chi connectivity index (χ3v) is 4.74. The van der Waals surface area contributed by atoms with E-state index in [-0.39, 0.29) is 0 Å². The molecular weight excluding hydrogens is 262 g/mol. The summed E-state index contributed by atoms with van der Waals surface area (Å²) in [5.41, 5.74) is 1.30. The van der Waals surface area contributed by atoms with Crippen LogP contribution in [-0.2, 0) is 6.42 Å². The topological polar surface area (TPSA) is 30.5 Å². The van der Waals surface area contributed by atoms with Crippen LogP contribution in [0, 0.1) is 5.92 Å². The van der Waals surface area contributed by atoms with E-state index < -0.39 is 0 Å². The molecular formula is C18H29NO2. The van der Waals surface area contributed by atoms with Crippen molar-refractivity contribution in [2.24, 2.45) is 5.92 Å². The third kappa shape index (κ3) is 4.63. The molecule has 1 atom stereocenters. The molecule has 3 heteroatoms. The molecule has 0 saturated heterocycles. The maximum Gasteiger partial charge on any atom is 0.160 e. The van der Waals surface area contributed by atoms with Gasteiger partial charge in [-0.25, -0.2) is 0 Å². The second kappa shape index (κ2) is 8.28. The van der Waals surface area contributed by atoms with E-state index in [0.717, 1.165) is 23.8 Å². The van der Waals surface area contributed by atoms with Gasteiger partial charge in [-0.3, -0.25) is 0 Å². The zero-order valence-corrected chi connectivity index (χ0v) is 13.7. The minimum absolute atomic E-state index is 0.545. The van der Waals surface area contributed by atoms with Gasteiger partial charge in [-0.05, 0) is 49.9 Å². The zero-order valence-electron chi connectivity index (χ0n) is 13.7. The van der Waals surface area contributed by atoms with Crippen LogP contribution in [0.5, 0.6) is 11.5 Å². The maximum atomic E-state index is 5.39. The summed E-state index contributed by atoms with van der Waals surface area (Å²) < 4.78 is 10.7. The summed E-state index contributed by atoms with van der Waals surface area (Å²) in [6.45, 7) is 0. The van der Waals surface area contributed by atoms with Gasteiger partial charge in [0.2, 0.25) is 0 Å². The van der Waals surface area contributed by atoms with Crippen LogP contribution in [-0.4, -0.2) is 27.3 Å². The van der Waals surface area contributed by atoms with Gasteiger partial charge in [-0.1, -0.05) is 31.7 Å². The van der Waals surface area contributed by atoms with Crippen LogP contribution in [0.25, 0.3) is 0 Å². The second-order valence-corrected chi connectivity index (χ2v) is 6.11. The van der Waals surface area contributed by atoms with Gasteiger partial charge >= 0.3 is 0 Å². The highest BCUT2D eigenvalue weighted by atomic mass is 16.5. The van der Waals surface area contributed by atoms with Crippen LogP contribution in [0.4, 0.5) is 0 Å². The summed E-state index contributed by atoms with van der Waals surface area (Å²) in [5, 5.41) is 3.47. The van der Waals surface area contributed by atoms with Crippen molar-refractivity contribution in [1.29, 1.82) is 0 Å². The molecule has 0 amide bonds. The molecule has 3 nitrogen and oxygen atoms in total. The van der Waals surface area contributed by atoms with Crippen molar-refractivity contribution in [3.63, 3.8) is 0 Å². The van der Waals surface area contributed by atoms with Crippen molar-refractivity contribution < 1.29 is 9.47 Å². The van der Waals surface area contributed by atoms with Gasteiger partial charge in [0.1, 0.15) is 0 Å². The van der Waals surface area contributed by atoms with Crippen molar-refractivity contribution in [2.45, 2.75) is 51.0 Å². The fraction of sp³-hybridized carbons (Fsp3) is 0.667. The van der Waals surface area contributed by atoms with E-state index in [1.807, 2.05) is 6.07 Å². The zero-order chi connectivity index (χ0) is 15.1. The van der Waals surface area contributed by atoms with Crippen LogP contribution >= 0.6 is 0 Å². The van der Waals surface area contributed by atoms with Crippen molar-refractivity contribution in [1.82, 2.24) is 5.32 Å². The Labute approximate surface area is 129 Å². The lowest BCUT2D eigenvalue weighted by molar-refractivity contribution is 0.354. The number of nitrogens with one attached hydrogen (secondary N) is 1. The Morgan fingerprint density at radius 1 is 1.14 bits per heavy atom. The summed E-state index contributed by atoms with van der Waals surface area (Å²) in [7, 11) is 5.44. The summed E-state index contributed by atoms with van der Waals surface area (Å²) in [4.78, 5) is 0. The van der Waals surface area contributed by atoms with E-state index in [2.05, 4.69) is 24.5 Å². The summed E-state index contributed by atoms with van der Waals surface area (Å²) in [5.74, 6) is 2.58. The molecule has 2 rings (SSSR count). The Morgan fingerprint density at radius 3 is 2.48 bits per heavy atom. The molecule has 1 fully saturated rings. The third-order valence-electron chi connectivity index (χ3n) is 4.74. The van der Waals surface area contributed by atoms with Gasteiger partial charge in [0, 0.05) is 6.04 Å². The monoisotopic (exact) mass is 291 g/mol. The Bertz CT molecular complexity index is 427. The largest absolute Gasteiger partial charge is 0.493 e. The highest BCUT2D eigenvalue weighted by Crippen LogP contribution is 2.30. The van der Waals surface area contributed by atoms with E-state index in [0.29, 0.717) is 6.04 Å². The number of likely N-dealkylation sites (N-methyl/N-ethyl adjacent to an activating group) is 1. The summed E-state index contributed by atoms with van der Waals surface area (Å²) in [6.07, 6.45) is 9.41. The van der Waals surface area contributed by atoms with Crippen LogP contribution in [0.1, 0.15) is 44.1 Å². The number of rotatable bonds is 8. The first kappa shape index (κ1) is 16.2. The number of benzene rings is 1. The number of hydrogen-bond acceptors (Lipinski definition) is 3. The van der Waals surface area contributed by atoms with Crippen molar-refractivity contribution >= 4 is 0 Å². The quantitative estimate of drug-likeness (QED) is 0.790. The fourth-order valence-electron chi connectivity index (χ4n) is 3.38. The molecule has 0 spiro atoms. The standard InChI is InChI=1S/C18H29NO2/c1-19-16(10-8-14-6-4-5-7-14)12-15-9-11-17(20-2)18(13-15)21-3/h9,11,13-14,16,19H,4-8,10,12H2,1-3H3.